The van der Waals surface area contributed by atoms with E-state index in [4.69, 9.17) is 4.74 Å². The Morgan fingerprint density at radius 3 is 2.60 bits per heavy atom. The number of esters is 1. The first-order chi connectivity index (χ1) is 14.5. The van der Waals surface area contributed by atoms with E-state index in [1.54, 1.807) is 18.2 Å². The lowest BCUT2D eigenvalue weighted by molar-refractivity contribution is -0.148. The maximum absolute atomic E-state index is 13.2. The second-order valence-corrected chi connectivity index (χ2v) is 7.52. The number of amides is 1. The predicted molar refractivity (Wildman–Crippen MR) is 113 cm³/mol. The number of hydrogen-bond acceptors (Lipinski definition) is 5. The molecule has 0 atom stereocenters. The molecule has 2 aromatic carbocycles. The van der Waals surface area contributed by atoms with Crippen molar-refractivity contribution in [3.05, 3.63) is 70.3 Å². The van der Waals surface area contributed by atoms with E-state index >= 15 is 0 Å². The van der Waals surface area contributed by atoms with E-state index in [0.29, 0.717) is 22.4 Å². The van der Waals surface area contributed by atoms with Crippen molar-refractivity contribution in [2.24, 2.45) is 0 Å². The van der Waals surface area contributed by atoms with Gasteiger partial charge < -0.3 is 10.1 Å². The Morgan fingerprint density at radius 1 is 1.13 bits per heavy atom. The Kier molecular flexibility index (Phi) is 5.61. The van der Waals surface area contributed by atoms with Crippen LogP contribution < -0.4 is 10.9 Å². The number of aromatic nitrogens is 2. The summed E-state index contributed by atoms with van der Waals surface area (Å²) in [5.74, 6) is -0.313. The van der Waals surface area contributed by atoms with Crippen LogP contribution in [0.25, 0.3) is 16.6 Å². The SMILES string of the molecule is Cc1ccc(-n2c(CCC(=O)OCC(=O)NC3CC3)nc3ccccc3c2=O)cc1. The molecule has 1 fully saturated rings. The molecule has 0 aliphatic heterocycles. The predicted octanol–water partition coefficient (Wildman–Crippen LogP) is 2.45. The van der Waals surface area contributed by atoms with Crippen LogP contribution in [0.3, 0.4) is 0 Å². The van der Waals surface area contributed by atoms with Crippen LogP contribution in [0.4, 0.5) is 0 Å². The fourth-order valence-electron chi connectivity index (χ4n) is 3.24. The summed E-state index contributed by atoms with van der Waals surface area (Å²) in [6.45, 7) is 1.69. The normalized spacial score (nSPS) is 13.2. The van der Waals surface area contributed by atoms with E-state index < -0.39 is 5.97 Å². The summed E-state index contributed by atoms with van der Waals surface area (Å²) in [6, 6.07) is 14.9. The van der Waals surface area contributed by atoms with Gasteiger partial charge >= 0.3 is 5.97 Å². The Balaban J connectivity index is 1.55. The minimum Gasteiger partial charge on any atom is -0.456 e. The number of benzene rings is 2. The second kappa shape index (κ2) is 8.49. The highest BCUT2D eigenvalue weighted by molar-refractivity contribution is 5.81. The maximum Gasteiger partial charge on any atom is 0.306 e. The third-order valence-corrected chi connectivity index (χ3v) is 5.00. The fraction of sp³-hybridized carbons (Fsp3) is 0.304. The van der Waals surface area contributed by atoms with Crippen LogP contribution in [-0.4, -0.2) is 34.1 Å². The van der Waals surface area contributed by atoms with Crippen LogP contribution in [-0.2, 0) is 20.7 Å². The summed E-state index contributed by atoms with van der Waals surface area (Å²) >= 11 is 0. The molecule has 7 heteroatoms. The van der Waals surface area contributed by atoms with Crippen LogP contribution >= 0.6 is 0 Å². The lowest BCUT2D eigenvalue weighted by Crippen LogP contribution is -2.30. The smallest absolute Gasteiger partial charge is 0.306 e. The Morgan fingerprint density at radius 2 is 1.87 bits per heavy atom. The summed E-state index contributed by atoms with van der Waals surface area (Å²) < 4.78 is 6.60. The largest absolute Gasteiger partial charge is 0.456 e. The molecule has 30 heavy (non-hydrogen) atoms. The first kappa shape index (κ1) is 19.8. The molecule has 154 valence electrons. The van der Waals surface area contributed by atoms with Crippen LogP contribution in [0.5, 0.6) is 0 Å². The number of hydrogen-bond donors (Lipinski definition) is 1. The molecule has 1 amide bonds. The zero-order valence-electron chi connectivity index (χ0n) is 16.8. The molecule has 0 bridgehead atoms. The lowest BCUT2D eigenvalue weighted by atomic mass is 10.2. The van der Waals surface area contributed by atoms with Crippen molar-refractivity contribution in [3.63, 3.8) is 0 Å². The second-order valence-electron chi connectivity index (χ2n) is 7.52. The van der Waals surface area contributed by atoms with Gasteiger partial charge in [0.2, 0.25) is 0 Å². The van der Waals surface area contributed by atoms with Gasteiger partial charge in [0, 0.05) is 12.5 Å². The van der Waals surface area contributed by atoms with Crippen molar-refractivity contribution in [2.45, 2.75) is 38.6 Å². The van der Waals surface area contributed by atoms with Gasteiger partial charge in [-0.3, -0.25) is 19.0 Å². The van der Waals surface area contributed by atoms with Crippen molar-refractivity contribution in [1.29, 1.82) is 0 Å². The van der Waals surface area contributed by atoms with E-state index in [1.165, 1.54) is 4.57 Å². The molecule has 1 saturated carbocycles. The Labute approximate surface area is 173 Å². The summed E-state index contributed by atoms with van der Waals surface area (Å²) in [4.78, 5) is 41.6. The van der Waals surface area contributed by atoms with Crippen LogP contribution in [0, 0.1) is 6.92 Å². The van der Waals surface area contributed by atoms with Gasteiger partial charge in [0.05, 0.1) is 23.0 Å². The number of rotatable bonds is 7. The fourth-order valence-corrected chi connectivity index (χ4v) is 3.24. The Hall–Kier alpha value is -3.48. The number of carbonyl (C=O) groups is 2. The highest BCUT2D eigenvalue weighted by Gasteiger charge is 2.23. The molecule has 4 rings (SSSR count). The van der Waals surface area contributed by atoms with Crippen molar-refractivity contribution in [3.8, 4) is 5.69 Å². The molecule has 0 spiro atoms. The van der Waals surface area contributed by atoms with Gasteiger partial charge in [-0.15, -0.1) is 0 Å². The average Bonchev–Trinajstić information content (AvgIpc) is 3.56. The van der Waals surface area contributed by atoms with E-state index in [0.717, 1.165) is 18.4 Å². The van der Waals surface area contributed by atoms with Crippen LogP contribution in [0.1, 0.15) is 30.7 Å². The van der Waals surface area contributed by atoms with Gasteiger partial charge in [-0.05, 0) is 44.0 Å². The average molecular weight is 405 g/mol. The molecule has 3 aromatic rings. The standard InChI is InChI=1S/C23H23N3O4/c1-15-6-10-17(11-7-15)26-20(25-19-5-3-2-4-18(19)23(26)29)12-13-22(28)30-14-21(27)24-16-8-9-16/h2-7,10-11,16H,8-9,12-14H2,1H3,(H,24,27). The van der Waals surface area contributed by atoms with Gasteiger partial charge in [-0.25, -0.2) is 4.98 Å². The third kappa shape index (κ3) is 4.56. The minimum atomic E-state index is -0.501. The summed E-state index contributed by atoms with van der Waals surface area (Å²) in [7, 11) is 0. The van der Waals surface area contributed by atoms with Crippen molar-refractivity contribution >= 4 is 22.8 Å². The van der Waals surface area contributed by atoms with Crippen LogP contribution in [0.15, 0.2) is 53.3 Å². The molecule has 7 nitrogen and oxygen atoms in total. The van der Waals surface area contributed by atoms with Crippen molar-refractivity contribution in [1.82, 2.24) is 14.9 Å². The summed E-state index contributed by atoms with van der Waals surface area (Å²) in [5, 5.41) is 3.29. The molecule has 0 saturated heterocycles. The highest BCUT2D eigenvalue weighted by atomic mass is 16.5. The van der Waals surface area contributed by atoms with E-state index in [9.17, 15) is 14.4 Å². The number of aryl methyl sites for hydroxylation is 2. The van der Waals surface area contributed by atoms with Crippen LogP contribution in [0.2, 0.25) is 0 Å². The zero-order chi connectivity index (χ0) is 21.1. The molecular formula is C23H23N3O4. The van der Waals surface area contributed by atoms with Gasteiger partial charge in [0.1, 0.15) is 5.82 Å². The van der Waals surface area contributed by atoms with Gasteiger partial charge in [0.15, 0.2) is 6.61 Å². The number of fused-ring (bicyclic) bond motifs is 1. The van der Waals surface area contributed by atoms with Gasteiger partial charge in [0.25, 0.3) is 11.5 Å². The van der Waals surface area contributed by atoms with Crippen molar-refractivity contribution in [2.75, 3.05) is 6.61 Å². The molecule has 0 unspecified atom stereocenters. The first-order valence-corrected chi connectivity index (χ1v) is 10.0. The van der Waals surface area contributed by atoms with Crippen molar-refractivity contribution < 1.29 is 14.3 Å². The number of carbonyl (C=O) groups excluding carboxylic acids is 2. The lowest BCUT2D eigenvalue weighted by Gasteiger charge is -2.14. The van der Waals surface area contributed by atoms with E-state index in [1.807, 2.05) is 37.3 Å². The number of para-hydroxylation sites is 1. The quantitative estimate of drug-likeness (QED) is 0.610. The maximum atomic E-state index is 13.2. The highest BCUT2D eigenvalue weighted by Crippen LogP contribution is 2.18. The van der Waals surface area contributed by atoms with Gasteiger partial charge in [-0.1, -0.05) is 29.8 Å². The topological polar surface area (TPSA) is 90.3 Å². The molecule has 1 aliphatic rings. The molecule has 1 aliphatic carbocycles. The van der Waals surface area contributed by atoms with E-state index in [2.05, 4.69) is 10.3 Å². The first-order valence-electron chi connectivity index (χ1n) is 10.0. The third-order valence-electron chi connectivity index (χ3n) is 5.00. The van der Waals surface area contributed by atoms with E-state index in [-0.39, 0.29) is 37.0 Å². The molecule has 1 aromatic heterocycles. The molecule has 1 heterocycles. The Bertz CT molecular complexity index is 1150. The molecule has 0 radical (unpaired) electrons. The molecule has 1 N–H and O–H groups in total. The zero-order valence-corrected chi connectivity index (χ0v) is 16.8. The number of ether oxygens (including phenoxy) is 1. The monoisotopic (exact) mass is 405 g/mol. The number of nitrogens with zero attached hydrogens (tertiary/aromatic N) is 2. The molecular weight excluding hydrogens is 382 g/mol. The number of nitrogens with one attached hydrogen (secondary N) is 1. The van der Waals surface area contributed by atoms with Gasteiger partial charge in [-0.2, -0.15) is 0 Å². The summed E-state index contributed by atoms with van der Waals surface area (Å²) in [5.41, 5.74) is 2.17. The summed E-state index contributed by atoms with van der Waals surface area (Å²) in [6.07, 6.45) is 2.19. The minimum absolute atomic E-state index is 0.0212.